The number of nitrogens with one attached hydrogen (secondary N) is 1. The van der Waals surface area contributed by atoms with E-state index >= 15 is 0 Å². The first-order valence-electron chi connectivity index (χ1n) is 6.82. The molecule has 0 atom stereocenters. The average molecular weight is 284 g/mol. The third-order valence-electron chi connectivity index (χ3n) is 3.83. The summed E-state index contributed by atoms with van der Waals surface area (Å²) in [6, 6.07) is 5.32. The maximum Gasteiger partial charge on any atom is 0.257 e. The highest BCUT2D eigenvalue weighted by Gasteiger charge is 2.41. The number of para-hydroxylation sites is 1. The number of rotatable bonds is 1. The lowest BCUT2D eigenvalue weighted by Crippen LogP contribution is -2.63. The number of nitrogens with zero attached hydrogens (tertiary/aromatic N) is 3. The Bertz CT molecular complexity index is 721. The van der Waals surface area contributed by atoms with Gasteiger partial charge in [0.2, 0.25) is 5.91 Å². The molecule has 2 heterocycles. The SMILES string of the molecule is CC1(C)C(=O)NCCN1C(=O)c1cccc2nccnc12. The maximum atomic E-state index is 12.9. The number of carbonyl (C=O) groups excluding carboxylic acids is 2. The summed E-state index contributed by atoms with van der Waals surface area (Å²) in [5, 5.41) is 2.78. The summed E-state index contributed by atoms with van der Waals surface area (Å²) < 4.78 is 0. The van der Waals surface area contributed by atoms with Crippen molar-refractivity contribution in [3.63, 3.8) is 0 Å². The van der Waals surface area contributed by atoms with Crippen molar-refractivity contribution < 1.29 is 9.59 Å². The number of fused-ring (bicyclic) bond motifs is 1. The molecule has 0 unspecified atom stereocenters. The van der Waals surface area contributed by atoms with Crippen LogP contribution in [0.4, 0.5) is 0 Å². The van der Waals surface area contributed by atoms with Gasteiger partial charge in [-0.2, -0.15) is 0 Å². The second-order valence-corrected chi connectivity index (χ2v) is 5.50. The van der Waals surface area contributed by atoms with E-state index in [1.54, 1.807) is 43.3 Å². The molecule has 1 aliphatic heterocycles. The lowest BCUT2D eigenvalue weighted by Gasteiger charge is -2.41. The number of piperazine rings is 1. The molecule has 0 radical (unpaired) electrons. The lowest BCUT2D eigenvalue weighted by molar-refractivity contribution is -0.133. The van der Waals surface area contributed by atoms with E-state index in [2.05, 4.69) is 15.3 Å². The Labute approximate surface area is 122 Å². The summed E-state index contributed by atoms with van der Waals surface area (Å²) in [5.41, 5.74) is 0.831. The van der Waals surface area contributed by atoms with Crippen LogP contribution < -0.4 is 5.32 Å². The minimum atomic E-state index is -0.875. The quantitative estimate of drug-likeness (QED) is 0.847. The molecule has 0 bridgehead atoms. The molecule has 3 rings (SSSR count). The van der Waals surface area contributed by atoms with Crippen LogP contribution in [0.2, 0.25) is 0 Å². The summed E-state index contributed by atoms with van der Waals surface area (Å²) in [4.78, 5) is 34.9. The van der Waals surface area contributed by atoms with E-state index in [1.807, 2.05) is 6.07 Å². The first kappa shape index (κ1) is 13.5. The van der Waals surface area contributed by atoms with Crippen molar-refractivity contribution in [2.24, 2.45) is 0 Å². The van der Waals surface area contributed by atoms with E-state index < -0.39 is 5.54 Å². The normalized spacial score (nSPS) is 17.6. The van der Waals surface area contributed by atoms with Gasteiger partial charge in [0.15, 0.2) is 0 Å². The number of hydrogen-bond donors (Lipinski definition) is 1. The standard InChI is InChI=1S/C15H16N4O2/c1-15(2)14(21)18-8-9-19(15)13(20)10-4-3-5-11-12(10)17-7-6-16-11/h3-7H,8-9H2,1-2H3,(H,18,21). The van der Waals surface area contributed by atoms with Crippen molar-refractivity contribution in [2.75, 3.05) is 13.1 Å². The Hall–Kier alpha value is -2.50. The van der Waals surface area contributed by atoms with Gasteiger partial charge in [-0.3, -0.25) is 19.6 Å². The fourth-order valence-electron chi connectivity index (χ4n) is 2.57. The summed E-state index contributed by atoms with van der Waals surface area (Å²) in [6.07, 6.45) is 3.15. The van der Waals surface area contributed by atoms with Gasteiger partial charge in [0.1, 0.15) is 11.1 Å². The van der Waals surface area contributed by atoms with E-state index in [4.69, 9.17) is 0 Å². The number of amides is 2. The Balaban J connectivity index is 2.06. The summed E-state index contributed by atoms with van der Waals surface area (Å²) in [6.45, 7) is 4.44. The zero-order chi connectivity index (χ0) is 15.0. The molecule has 6 heteroatoms. The van der Waals surface area contributed by atoms with E-state index in [1.165, 1.54) is 0 Å². The molecule has 1 N–H and O–H groups in total. The molecule has 6 nitrogen and oxygen atoms in total. The molecule has 1 fully saturated rings. The summed E-state index contributed by atoms with van der Waals surface area (Å²) >= 11 is 0. The van der Waals surface area contributed by atoms with Gasteiger partial charge in [-0.25, -0.2) is 0 Å². The zero-order valence-electron chi connectivity index (χ0n) is 12.0. The van der Waals surface area contributed by atoms with Gasteiger partial charge in [-0.15, -0.1) is 0 Å². The maximum absolute atomic E-state index is 12.9. The van der Waals surface area contributed by atoms with Crippen molar-refractivity contribution in [3.05, 3.63) is 36.2 Å². The average Bonchev–Trinajstić information content (AvgIpc) is 2.49. The first-order valence-corrected chi connectivity index (χ1v) is 6.82. The highest BCUT2D eigenvalue weighted by Crippen LogP contribution is 2.23. The molecule has 1 saturated heterocycles. The van der Waals surface area contributed by atoms with Crippen molar-refractivity contribution in [3.8, 4) is 0 Å². The largest absolute Gasteiger partial charge is 0.352 e. The predicted molar refractivity (Wildman–Crippen MR) is 77.7 cm³/mol. The zero-order valence-corrected chi connectivity index (χ0v) is 12.0. The Morgan fingerprint density at radius 2 is 2.05 bits per heavy atom. The minimum absolute atomic E-state index is 0.145. The molecule has 21 heavy (non-hydrogen) atoms. The molecule has 0 aliphatic carbocycles. The van der Waals surface area contributed by atoms with Crippen LogP contribution in [-0.4, -0.2) is 45.3 Å². The first-order chi connectivity index (χ1) is 10.0. The Morgan fingerprint density at radius 1 is 1.29 bits per heavy atom. The second-order valence-electron chi connectivity index (χ2n) is 5.50. The molecule has 2 aromatic rings. The van der Waals surface area contributed by atoms with Crippen LogP contribution in [0, 0.1) is 0 Å². The van der Waals surface area contributed by atoms with E-state index in [0.717, 1.165) is 0 Å². The molecule has 0 spiro atoms. The lowest BCUT2D eigenvalue weighted by atomic mass is 9.97. The van der Waals surface area contributed by atoms with Gasteiger partial charge in [0.05, 0.1) is 11.1 Å². The van der Waals surface area contributed by atoms with Crippen LogP contribution in [-0.2, 0) is 4.79 Å². The van der Waals surface area contributed by atoms with Crippen molar-refractivity contribution in [1.29, 1.82) is 0 Å². The topological polar surface area (TPSA) is 75.2 Å². The summed E-state index contributed by atoms with van der Waals surface area (Å²) in [5.74, 6) is -0.339. The molecular formula is C15H16N4O2. The molecule has 0 saturated carbocycles. The van der Waals surface area contributed by atoms with Crippen LogP contribution in [0.1, 0.15) is 24.2 Å². The van der Waals surface area contributed by atoms with Crippen LogP contribution in [0.15, 0.2) is 30.6 Å². The molecule has 1 aromatic heterocycles. The molecule has 108 valence electrons. The highest BCUT2D eigenvalue weighted by molar-refractivity contribution is 6.07. The number of hydrogen-bond acceptors (Lipinski definition) is 4. The summed E-state index contributed by atoms with van der Waals surface area (Å²) in [7, 11) is 0. The third kappa shape index (κ3) is 2.12. The smallest absolute Gasteiger partial charge is 0.257 e. The third-order valence-corrected chi connectivity index (χ3v) is 3.83. The molecular weight excluding hydrogens is 268 g/mol. The number of aromatic nitrogens is 2. The van der Waals surface area contributed by atoms with Crippen LogP contribution >= 0.6 is 0 Å². The minimum Gasteiger partial charge on any atom is -0.352 e. The highest BCUT2D eigenvalue weighted by atomic mass is 16.2. The van der Waals surface area contributed by atoms with Crippen molar-refractivity contribution in [2.45, 2.75) is 19.4 Å². The van der Waals surface area contributed by atoms with Gasteiger partial charge in [0.25, 0.3) is 5.91 Å². The van der Waals surface area contributed by atoms with Gasteiger partial charge < -0.3 is 10.2 Å². The molecule has 2 amide bonds. The molecule has 1 aromatic carbocycles. The van der Waals surface area contributed by atoms with Crippen LogP contribution in [0.5, 0.6) is 0 Å². The van der Waals surface area contributed by atoms with Gasteiger partial charge >= 0.3 is 0 Å². The monoisotopic (exact) mass is 284 g/mol. The number of benzene rings is 1. The van der Waals surface area contributed by atoms with E-state index in [0.29, 0.717) is 29.7 Å². The predicted octanol–water partition coefficient (Wildman–Crippen LogP) is 0.980. The van der Waals surface area contributed by atoms with Gasteiger partial charge in [-0.05, 0) is 26.0 Å². The fraction of sp³-hybridized carbons (Fsp3) is 0.333. The van der Waals surface area contributed by atoms with Gasteiger partial charge in [-0.1, -0.05) is 6.07 Å². The molecule has 1 aliphatic rings. The van der Waals surface area contributed by atoms with E-state index in [-0.39, 0.29) is 11.8 Å². The fourth-order valence-corrected chi connectivity index (χ4v) is 2.57. The Morgan fingerprint density at radius 3 is 2.86 bits per heavy atom. The number of carbonyl (C=O) groups is 2. The van der Waals surface area contributed by atoms with Crippen LogP contribution in [0.3, 0.4) is 0 Å². The van der Waals surface area contributed by atoms with Crippen LogP contribution in [0.25, 0.3) is 11.0 Å². The van der Waals surface area contributed by atoms with Crippen molar-refractivity contribution in [1.82, 2.24) is 20.2 Å². The Kier molecular flexibility index (Phi) is 3.08. The van der Waals surface area contributed by atoms with Gasteiger partial charge in [0, 0.05) is 25.5 Å². The van der Waals surface area contributed by atoms with E-state index in [9.17, 15) is 9.59 Å². The van der Waals surface area contributed by atoms with Crippen molar-refractivity contribution >= 4 is 22.8 Å². The second kappa shape index (κ2) is 4.80.